The summed E-state index contributed by atoms with van der Waals surface area (Å²) in [6.07, 6.45) is 3.49. The van der Waals surface area contributed by atoms with Crippen molar-refractivity contribution in [2.24, 2.45) is 10.7 Å². The number of nitrogens with one attached hydrogen (secondary N) is 2. The third-order valence-corrected chi connectivity index (χ3v) is 4.98. The van der Waals surface area contributed by atoms with Crippen molar-refractivity contribution in [1.29, 1.82) is 0 Å². The number of aromatic nitrogens is 1. The lowest BCUT2D eigenvalue weighted by Gasteiger charge is -2.18. The van der Waals surface area contributed by atoms with Crippen LogP contribution in [0, 0.1) is 20.8 Å². The van der Waals surface area contributed by atoms with Gasteiger partial charge in [0.25, 0.3) is 0 Å². The van der Waals surface area contributed by atoms with E-state index < -0.39 is 0 Å². The molecule has 1 atom stereocenters. The Balaban J connectivity index is 1.60. The average Bonchev–Trinajstić information content (AvgIpc) is 2.69. The number of aliphatic imine (C=N–C) groups is 1. The number of hydrogen-bond acceptors (Lipinski definition) is 5. The third-order valence-electron chi connectivity index (χ3n) is 4.98. The van der Waals surface area contributed by atoms with Crippen LogP contribution in [0.1, 0.15) is 22.4 Å². The fourth-order valence-electron chi connectivity index (χ4n) is 3.58. The van der Waals surface area contributed by atoms with Gasteiger partial charge < -0.3 is 16.4 Å². The predicted octanol–water partition coefficient (Wildman–Crippen LogP) is 4.72. The van der Waals surface area contributed by atoms with Gasteiger partial charge in [-0.1, -0.05) is 30.3 Å². The van der Waals surface area contributed by atoms with Gasteiger partial charge in [0, 0.05) is 46.1 Å². The monoisotopic (exact) mass is 383 g/mol. The van der Waals surface area contributed by atoms with E-state index in [1.807, 2.05) is 19.3 Å². The highest BCUT2D eigenvalue weighted by Crippen LogP contribution is 2.30. The Bertz CT molecular complexity index is 1160. The molecule has 146 valence electrons. The van der Waals surface area contributed by atoms with E-state index in [0.29, 0.717) is 5.70 Å². The van der Waals surface area contributed by atoms with Gasteiger partial charge in [0.1, 0.15) is 0 Å². The molecule has 0 spiro atoms. The number of pyridine rings is 1. The average molecular weight is 383 g/mol. The second-order valence-corrected chi connectivity index (χ2v) is 7.51. The predicted molar refractivity (Wildman–Crippen MR) is 122 cm³/mol. The quantitative estimate of drug-likeness (QED) is 0.609. The van der Waals surface area contributed by atoms with Crippen LogP contribution in [0.15, 0.2) is 65.9 Å². The summed E-state index contributed by atoms with van der Waals surface area (Å²) < 4.78 is 0. The molecule has 5 heteroatoms. The van der Waals surface area contributed by atoms with Crippen molar-refractivity contribution in [3.63, 3.8) is 0 Å². The van der Waals surface area contributed by atoms with Crippen molar-refractivity contribution in [3.05, 3.63) is 83.3 Å². The molecular formula is C24H25N5. The van der Waals surface area contributed by atoms with E-state index in [-0.39, 0.29) is 6.17 Å². The Morgan fingerprint density at radius 3 is 2.52 bits per heavy atom. The zero-order valence-electron chi connectivity index (χ0n) is 17.0. The van der Waals surface area contributed by atoms with Crippen molar-refractivity contribution in [1.82, 2.24) is 10.3 Å². The van der Waals surface area contributed by atoms with Crippen molar-refractivity contribution >= 4 is 34.1 Å². The molecular weight excluding hydrogens is 358 g/mol. The molecule has 2 heterocycles. The van der Waals surface area contributed by atoms with Crippen LogP contribution in [0.4, 0.5) is 11.4 Å². The van der Waals surface area contributed by atoms with Gasteiger partial charge in [-0.15, -0.1) is 0 Å². The summed E-state index contributed by atoms with van der Waals surface area (Å²) >= 11 is 0. The highest BCUT2D eigenvalue weighted by Gasteiger charge is 2.11. The molecule has 29 heavy (non-hydrogen) atoms. The summed E-state index contributed by atoms with van der Waals surface area (Å²) in [5.74, 6) is 0. The lowest BCUT2D eigenvalue weighted by atomic mass is 10.0. The number of benzene rings is 2. The molecule has 1 unspecified atom stereocenters. The molecule has 1 aromatic heterocycles. The zero-order valence-corrected chi connectivity index (χ0v) is 17.0. The number of rotatable bonds is 4. The lowest BCUT2D eigenvalue weighted by molar-refractivity contribution is 0.692. The normalized spacial score (nSPS) is 15.7. The molecule has 3 aromatic rings. The molecule has 0 fully saturated rings. The third kappa shape index (κ3) is 3.85. The van der Waals surface area contributed by atoms with E-state index in [9.17, 15) is 0 Å². The maximum absolute atomic E-state index is 5.70. The van der Waals surface area contributed by atoms with Crippen LogP contribution in [0.5, 0.6) is 0 Å². The topological polar surface area (TPSA) is 75.3 Å². The fraction of sp³-hybridized carbons (Fsp3) is 0.167. The Morgan fingerprint density at radius 1 is 1.10 bits per heavy atom. The van der Waals surface area contributed by atoms with Crippen LogP contribution in [0.2, 0.25) is 0 Å². The minimum Gasteiger partial charge on any atom is -0.399 e. The van der Waals surface area contributed by atoms with Crippen molar-refractivity contribution < 1.29 is 0 Å². The fourth-order valence-corrected chi connectivity index (χ4v) is 3.58. The van der Waals surface area contributed by atoms with Gasteiger partial charge in [-0.2, -0.15) is 0 Å². The Kier molecular flexibility index (Phi) is 4.80. The molecule has 1 aliphatic heterocycles. The second kappa shape index (κ2) is 7.43. The summed E-state index contributed by atoms with van der Waals surface area (Å²) in [6.45, 7) is 9.98. The van der Waals surface area contributed by atoms with E-state index in [1.54, 1.807) is 0 Å². The molecule has 0 amide bonds. The van der Waals surface area contributed by atoms with Gasteiger partial charge in [0.05, 0.1) is 5.52 Å². The zero-order chi connectivity index (χ0) is 20.5. The summed E-state index contributed by atoms with van der Waals surface area (Å²) in [5, 5.41) is 7.84. The van der Waals surface area contributed by atoms with Gasteiger partial charge >= 0.3 is 0 Å². The molecule has 0 bridgehead atoms. The van der Waals surface area contributed by atoms with Crippen LogP contribution < -0.4 is 16.4 Å². The number of aryl methyl sites for hydroxylation is 3. The lowest BCUT2D eigenvalue weighted by Crippen LogP contribution is -2.30. The van der Waals surface area contributed by atoms with E-state index in [1.165, 1.54) is 11.1 Å². The van der Waals surface area contributed by atoms with Crippen LogP contribution in [0.25, 0.3) is 16.5 Å². The number of hydrogen-bond donors (Lipinski definition) is 3. The summed E-state index contributed by atoms with van der Waals surface area (Å²) in [6, 6.07) is 14.7. The van der Waals surface area contributed by atoms with Crippen molar-refractivity contribution in [3.8, 4) is 0 Å². The molecule has 0 saturated carbocycles. The smallest absolute Gasteiger partial charge is 0.158 e. The highest BCUT2D eigenvalue weighted by atomic mass is 15.1. The number of allylic oxidation sites excluding steroid dienone is 1. The maximum Gasteiger partial charge on any atom is 0.158 e. The number of nitrogens with two attached hydrogens (primary N) is 1. The molecule has 0 radical (unpaired) electrons. The Hall–Kier alpha value is -3.60. The van der Waals surface area contributed by atoms with Gasteiger partial charge in [-0.05, 0) is 56.2 Å². The molecule has 1 aliphatic rings. The first-order chi connectivity index (χ1) is 13.9. The van der Waals surface area contributed by atoms with Gasteiger partial charge in [-0.25, -0.2) is 0 Å². The van der Waals surface area contributed by atoms with Gasteiger partial charge in [-0.3, -0.25) is 9.98 Å². The van der Waals surface area contributed by atoms with E-state index in [2.05, 4.69) is 78.5 Å². The van der Waals surface area contributed by atoms with E-state index in [0.717, 1.165) is 39.1 Å². The Morgan fingerprint density at radius 2 is 1.86 bits per heavy atom. The molecule has 0 aliphatic carbocycles. The van der Waals surface area contributed by atoms with Crippen molar-refractivity contribution in [2.45, 2.75) is 26.9 Å². The number of anilines is 2. The first-order valence-corrected chi connectivity index (χ1v) is 9.60. The van der Waals surface area contributed by atoms with E-state index in [4.69, 9.17) is 10.7 Å². The molecule has 4 rings (SSSR count). The summed E-state index contributed by atoms with van der Waals surface area (Å²) in [4.78, 5) is 9.11. The first-order valence-electron chi connectivity index (χ1n) is 9.60. The number of fused-ring (bicyclic) bond motifs is 1. The summed E-state index contributed by atoms with van der Waals surface area (Å²) in [7, 11) is 0. The summed E-state index contributed by atoms with van der Waals surface area (Å²) in [5.41, 5.74) is 14.8. The van der Waals surface area contributed by atoms with Crippen LogP contribution in [0.3, 0.4) is 0 Å². The molecule has 5 nitrogen and oxygen atoms in total. The van der Waals surface area contributed by atoms with E-state index >= 15 is 0 Å². The molecule has 2 aromatic carbocycles. The minimum atomic E-state index is -0.255. The Labute approximate surface area is 171 Å². The van der Waals surface area contributed by atoms with Crippen molar-refractivity contribution in [2.75, 3.05) is 5.32 Å². The first kappa shape index (κ1) is 18.7. The van der Waals surface area contributed by atoms with Gasteiger partial charge in [0.2, 0.25) is 0 Å². The SMILES string of the molecule is C=C(N)C1N=CC(c2ccc(Nc3cc(C)nc4c(C)cc(C)cc34)cc2)=CN1. The molecule has 4 N–H and O–H groups in total. The van der Waals surface area contributed by atoms with Crippen LogP contribution in [-0.4, -0.2) is 17.4 Å². The minimum absolute atomic E-state index is 0.255. The van der Waals surface area contributed by atoms with Gasteiger partial charge in [0.15, 0.2) is 6.17 Å². The van der Waals surface area contributed by atoms with Crippen LogP contribution in [-0.2, 0) is 0 Å². The largest absolute Gasteiger partial charge is 0.399 e. The number of nitrogens with zero attached hydrogens (tertiary/aromatic N) is 2. The molecule has 0 saturated heterocycles. The maximum atomic E-state index is 5.70. The standard InChI is InChI=1S/C24H25N5/c1-14-9-15(2)23-21(10-14)22(11-16(3)28-23)29-20-7-5-18(6-8-20)19-12-26-24(17(4)25)27-13-19/h5-13,24,26H,4,25H2,1-3H3,(H,28,29). The van der Waals surface area contributed by atoms with Crippen LogP contribution >= 0.6 is 0 Å². The highest BCUT2D eigenvalue weighted by molar-refractivity contribution is 6.10. The second-order valence-electron chi connectivity index (χ2n) is 7.51.